The Morgan fingerprint density at radius 1 is 1.35 bits per heavy atom. The van der Waals surface area contributed by atoms with E-state index in [1.54, 1.807) is 7.11 Å². The Labute approximate surface area is 104 Å². The zero-order valence-corrected chi connectivity index (χ0v) is 11.3. The Bertz CT molecular complexity index is 419. The fourth-order valence-corrected chi connectivity index (χ4v) is 2.28. The number of nitrogens with two attached hydrogens (primary N) is 1. The van der Waals surface area contributed by atoms with Crippen LogP contribution >= 0.6 is 0 Å². The summed E-state index contributed by atoms with van der Waals surface area (Å²) in [6.45, 7) is 6.55. The maximum atomic E-state index is 6.21. The van der Waals surface area contributed by atoms with Gasteiger partial charge in [-0.3, -0.25) is 0 Å². The maximum absolute atomic E-state index is 6.21. The first-order valence-corrected chi connectivity index (χ1v) is 6.41. The van der Waals surface area contributed by atoms with Crippen LogP contribution in [0, 0.1) is 6.92 Å². The lowest BCUT2D eigenvalue weighted by Gasteiger charge is -2.18. The number of ether oxygens (including phenoxy) is 1. The van der Waals surface area contributed by atoms with Crippen molar-refractivity contribution in [1.82, 2.24) is 0 Å². The van der Waals surface area contributed by atoms with Gasteiger partial charge in [-0.1, -0.05) is 19.9 Å². The summed E-state index contributed by atoms with van der Waals surface area (Å²) in [5.41, 5.74) is 10.3. The molecule has 0 aromatic heterocycles. The van der Waals surface area contributed by atoms with Gasteiger partial charge in [-0.2, -0.15) is 0 Å². The lowest BCUT2D eigenvalue weighted by Crippen LogP contribution is -2.25. The first-order chi connectivity index (χ1) is 7.95. The van der Waals surface area contributed by atoms with Crippen molar-refractivity contribution in [2.75, 3.05) is 7.11 Å². The Balaban J connectivity index is 2.35. The first-order valence-electron chi connectivity index (χ1n) is 6.41. The molecule has 0 heterocycles. The summed E-state index contributed by atoms with van der Waals surface area (Å²) >= 11 is 0. The molecular weight excluding hydrogens is 210 g/mol. The van der Waals surface area contributed by atoms with Crippen LogP contribution in [0.3, 0.4) is 0 Å². The third kappa shape index (κ3) is 2.63. The van der Waals surface area contributed by atoms with Crippen LogP contribution in [0.1, 0.15) is 49.3 Å². The van der Waals surface area contributed by atoms with Gasteiger partial charge in [-0.05, 0) is 54.9 Å². The average molecular weight is 233 g/mol. The van der Waals surface area contributed by atoms with E-state index in [0.717, 1.165) is 25.0 Å². The maximum Gasteiger partial charge on any atom is 0.122 e. The SMILES string of the molecule is COc1cc(C)c(CC2(N)CC2)cc1C(C)C. The molecule has 0 amide bonds. The monoisotopic (exact) mass is 233 g/mol. The van der Waals surface area contributed by atoms with Crippen molar-refractivity contribution >= 4 is 0 Å². The van der Waals surface area contributed by atoms with E-state index in [0.29, 0.717) is 5.92 Å². The van der Waals surface area contributed by atoms with Crippen molar-refractivity contribution in [3.05, 3.63) is 28.8 Å². The zero-order chi connectivity index (χ0) is 12.6. The lowest BCUT2D eigenvalue weighted by molar-refractivity contribution is 0.407. The van der Waals surface area contributed by atoms with Crippen molar-refractivity contribution in [2.45, 2.75) is 51.5 Å². The van der Waals surface area contributed by atoms with Crippen LogP contribution in [0.2, 0.25) is 0 Å². The van der Waals surface area contributed by atoms with Gasteiger partial charge < -0.3 is 10.5 Å². The number of methoxy groups -OCH3 is 1. The minimum atomic E-state index is 0.0770. The number of aryl methyl sites for hydroxylation is 1. The van der Waals surface area contributed by atoms with E-state index in [-0.39, 0.29) is 5.54 Å². The number of hydrogen-bond donors (Lipinski definition) is 1. The molecule has 2 N–H and O–H groups in total. The van der Waals surface area contributed by atoms with Gasteiger partial charge in [0.2, 0.25) is 0 Å². The zero-order valence-electron chi connectivity index (χ0n) is 11.3. The first kappa shape index (κ1) is 12.4. The van der Waals surface area contributed by atoms with E-state index in [1.807, 2.05) is 0 Å². The summed E-state index contributed by atoms with van der Waals surface area (Å²) in [7, 11) is 1.74. The molecule has 1 aliphatic carbocycles. The van der Waals surface area contributed by atoms with E-state index in [1.165, 1.54) is 16.7 Å². The summed E-state index contributed by atoms with van der Waals surface area (Å²) in [5.74, 6) is 1.49. The van der Waals surface area contributed by atoms with Gasteiger partial charge in [0, 0.05) is 5.54 Å². The fourth-order valence-electron chi connectivity index (χ4n) is 2.28. The van der Waals surface area contributed by atoms with Crippen molar-refractivity contribution in [3.63, 3.8) is 0 Å². The normalized spacial score (nSPS) is 17.3. The second-order valence-corrected chi connectivity index (χ2v) is 5.71. The van der Waals surface area contributed by atoms with Gasteiger partial charge in [-0.15, -0.1) is 0 Å². The highest BCUT2D eigenvalue weighted by Gasteiger charge is 2.38. The predicted molar refractivity (Wildman–Crippen MR) is 71.7 cm³/mol. The van der Waals surface area contributed by atoms with Crippen LogP contribution in [0.15, 0.2) is 12.1 Å². The van der Waals surface area contributed by atoms with Gasteiger partial charge in [-0.25, -0.2) is 0 Å². The predicted octanol–water partition coefficient (Wildman–Crippen LogP) is 3.16. The van der Waals surface area contributed by atoms with Gasteiger partial charge in [0.25, 0.3) is 0 Å². The standard InChI is InChI=1S/C15H23NO/c1-10(2)13-8-12(9-15(16)5-6-15)11(3)7-14(13)17-4/h7-8,10H,5-6,9,16H2,1-4H3. The summed E-state index contributed by atoms with van der Waals surface area (Å²) in [5, 5.41) is 0. The summed E-state index contributed by atoms with van der Waals surface area (Å²) in [6, 6.07) is 4.43. The molecule has 0 unspecified atom stereocenters. The minimum absolute atomic E-state index is 0.0770. The molecule has 2 rings (SSSR count). The molecule has 0 bridgehead atoms. The Hall–Kier alpha value is -1.02. The molecule has 0 spiro atoms. The van der Waals surface area contributed by atoms with E-state index < -0.39 is 0 Å². The third-order valence-electron chi connectivity index (χ3n) is 3.75. The quantitative estimate of drug-likeness (QED) is 0.867. The summed E-state index contributed by atoms with van der Waals surface area (Å²) < 4.78 is 5.46. The smallest absolute Gasteiger partial charge is 0.122 e. The highest BCUT2D eigenvalue weighted by atomic mass is 16.5. The van der Waals surface area contributed by atoms with Gasteiger partial charge in [0.15, 0.2) is 0 Å². The molecule has 1 aromatic rings. The van der Waals surface area contributed by atoms with Gasteiger partial charge in [0.1, 0.15) is 5.75 Å². The molecular formula is C15H23NO. The Morgan fingerprint density at radius 3 is 2.47 bits per heavy atom. The Morgan fingerprint density at radius 2 is 2.00 bits per heavy atom. The minimum Gasteiger partial charge on any atom is -0.496 e. The molecule has 1 saturated carbocycles. The number of hydrogen-bond acceptors (Lipinski definition) is 2. The number of rotatable bonds is 4. The molecule has 1 aliphatic rings. The summed E-state index contributed by atoms with van der Waals surface area (Å²) in [6.07, 6.45) is 3.33. The van der Waals surface area contributed by atoms with Crippen LogP contribution in [-0.2, 0) is 6.42 Å². The second-order valence-electron chi connectivity index (χ2n) is 5.71. The van der Waals surface area contributed by atoms with Crippen LogP contribution in [0.25, 0.3) is 0 Å². The molecule has 0 saturated heterocycles. The summed E-state index contributed by atoms with van der Waals surface area (Å²) in [4.78, 5) is 0. The van der Waals surface area contributed by atoms with Crippen molar-refractivity contribution < 1.29 is 4.74 Å². The van der Waals surface area contributed by atoms with E-state index in [4.69, 9.17) is 10.5 Å². The van der Waals surface area contributed by atoms with E-state index in [9.17, 15) is 0 Å². The Kier molecular flexibility index (Phi) is 3.17. The lowest BCUT2D eigenvalue weighted by atomic mass is 9.93. The van der Waals surface area contributed by atoms with E-state index >= 15 is 0 Å². The topological polar surface area (TPSA) is 35.2 Å². The highest BCUT2D eigenvalue weighted by molar-refractivity contribution is 5.44. The average Bonchev–Trinajstić information content (AvgIpc) is 2.98. The van der Waals surface area contributed by atoms with Gasteiger partial charge >= 0.3 is 0 Å². The second kappa shape index (κ2) is 4.34. The third-order valence-corrected chi connectivity index (χ3v) is 3.75. The molecule has 2 nitrogen and oxygen atoms in total. The largest absolute Gasteiger partial charge is 0.496 e. The molecule has 0 aliphatic heterocycles. The molecule has 17 heavy (non-hydrogen) atoms. The molecule has 1 aromatic carbocycles. The van der Waals surface area contributed by atoms with Crippen LogP contribution < -0.4 is 10.5 Å². The molecule has 0 radical (unpaired) electrons. The number of benzene rings is 1. The molecule has 1 fully saturated rings. The highest BCUT2D eigenvalue weighted by Crippen LogP contribution is 2.38. The fraction of sp³-hybridized carbons (Fsp3) is 0.600. The molecule has 94 valence electrons. The molecule has 2 heteroatoms. The van der Waals surface area contributed by atoms with Crippen molar-refractivity contribution in [1.29, 1.82) is 0 Å². The van der Waals surface area contributed by atoms with Gasteiger partial charge in [0.05, 0.1) is 7.11 Å². The van der Waals surface area contributed by atoms with E-state index in [2.05, 4.69) is 32.9 Å². The van der Waals surface area contributed by atoms with Crippen molar-refractivity contribution in [2.24, 2.45) is 5.73 Å². The van der Waals surface area contributed by atoms with Crippen LogP contribution in [0.4, 0.5) is 0 Å². The van der Waals surface area contributed by atoms with Crippen molar-refractivity contribution in [3.8, 4) is 5.75 Å². The van der Waals surface area contributed by atoms with Crippen LogP contribution in [-0.4, -0.2) is 12.6 Å². The molecule has 0 atom stereocenters. The van der Waals surface area contributed by atoms with Crippen LogP contribution in [0.5, 0.6) is 5.75 Å².